The predicted octanol–water partition coefficient (Wildman–Crippen LogP) is 3.74. The number of benzene rings is 2. The van der Waals surface area contributed by atoms with Crippen LogP contribution in [0.15, 0.2) is 47.4 Å². The number of fused-ring (bicyclic) bond motifs is 1. The molecular weight excluding hydrogens is 372 g/mol. The van der Waals surface area contributed by atoms with Crippen molar-refractivity contribution in [2.75, 3.05) is 17.7 Å². The minimum Gasteiger partial charge on any atom is -0.492 e. The van der Waals surface area contributed by atoms with E-state index in [4.69, 9.17) is 4.74 Å². The number of nitrogens with one attached hydrogen (secondary N) is 1. The van der Waals surface area contributed by atoms with Crippen LogP contribution in [-0.2, 0) is 9.84 Å². The van der Waals surface area contributed by atoms with Crippen molar-refractivity contribution in [2.24, 2.45) is 0 Å². The molecule has 1 amide bonds. The molecule has 0 atom stereocenters. The molecule has 136 valence electrons. The number of aromatic nitrogens is 1. The van der Waals surface area contributed by atoms with Gasteiger partial charge in [-0.3, -0.25) is 10.1 Å². The van der Waals surface area contributed by atoms with Crippen molar-refractivity contribution in [1.82, 2.24) is 4.98 Å². The number of thiazole rings is 1. The summed E-state index contributed by atoms with van der Waals surface area (Å²) in [5, 5.41) is 3.16. The van der Waals surface area contributed by atoms with Crippen LogP contribution in [0.1, 0.15) is 24.2 Å². The molecule has 8 heteroatoms. The zero-order chi connectivity index (χ0) is 18.7. The van der Waals surface area contributed by atoms with E-state index in [9.17, 15) is 13.2 Å². The summed E-state index contributed by atoms with van der Waals surface area (Å²) in [7, 11) is -3.37. The number of carbonyl (C=O) groups excluding carboxylic acids is 1. The third-order valence-electron chi connectivity index (χ3n) is 3.74. The Balaban J connectivity index is 1.88. The normalized spacial score (nSPS) is 11.5. The SMILES string of the molecule is CCOc1cccc2sc(NC(=O)c3cccc(S(=O)(=O)CC)c3)nc12. The first-order valence-electron chi connectivity index (χ1n) is 8.11. The number of hydrogen-bond acceptors (Lipinski definition) is 6. The van der Waals surface area contributed by atoms with Gasteiger partial charge in [0.1, 0.15) is 11.3 Å². The Hall–Kier alpha value is -2.45. The van der Waals surface area contributed by atoms with Crippen LogP contribution in [0.2, 0.25) is 0 Å². The Morgan fingerprint density at radius 3 is 2.69 bits per heavy atom. The van der Waals surface area contributed by atoms with E-state index in [0.717, 1.165) is 4.70 Å². The van der Waals surface area contributed by atoms with Gasteiger partial charge in [0.25, 0.3) is 5.91 Å². The number of carbonyl (C=O) groups is 1. The lowest BCUT2D eigenvalue weighted by Gasteiger charge is -2.05. The molecule has 0 unspecified atom stereocenters. The minimum absolute atomic E-state index is 0.0177. The lowest BCUT2D eigenvalue weighted by atomic mass is 10.2. The van der Waals surface area contributed by atoms with Gasteiger partial charge in [-0.2, -0.15) is 0 Å². The van der Waals surface area contributed by atoms with Crippen LogP contribution in [0.5, 0.6) is 5.75 Å². The number of rotatable bonds is 6. The molecule has 0 aliphatic rings. The molecule has 1 N–H and O–H groups in total. The lowest BCUT2D eigenvalue weighted by Crippen LogP contribution is -2.13. The predicted molar refractivity (Wildman–Crippen MR) is 103 cm³/mol. The zero-order valence-electron chi connectivity index (χ0n) is 14.4. The number of ether oxygens (including phenoxy) is 1. The lowest BCUT2D eigenvalue weighted by molar-refractivity contribution is 0.102. The van der Waals surface area contributed by atoms with Crippen LogP contribution in [-0.4, -0.2) is 31.7 Å². The zero-order valence-corrected chi connectivity index (χ0v) is 16.0. The second-order valence-electron chi connectivity index (χ2n) is 5.44. The largest absolute Gasteiger partial charge is 0.492 e. The summed E-state index contributed by atoms with van der Waals surface area (Å²) in [6, 6.07) is 11.6. The van der Waals surface area contributed by atoms with E-state index in [1.807, 2.05) is 25.1 Å². The average molecular weight is 390 g/mol. The number of nitrogens with zero attached hydrogens (tertiary/aromatic N) is 1. The van der Waals surface area contributed by atoms with Crippen LogP contribution in [0, 0.1) is 0 Å². The molecule has 0 saturated heterocycles. The van der Waals surface area contributed by atoms with E-state index in [1.54, 1.807) is 19.1 Å². The summed E-state index contributed by atoms with van der Waals surface area (Å²) in [6.45, 7) is 3.99. The van der Waals surface area contributed by atoms with Crippen molar-refractivity contribution in [3.8, 4) is 5.75 Å². The van der Waals surface area contributed by atoms with Crippen LogP contribution in [0.4, 0.5) is 5.13 Å². The van der Waals surface area contributed by atoms with E-state index >= 15 is 0 Å². The molecular formula is C18H18N2O4S2. The Morgan fingerprint density at radius 1 is 1.19 bits per heavy atom. The van der Waals surface area contributed by atoms with E-state index < -0.39 is 15.7 Å². The molecule has 1 aromatic heterocycles. The molecule has 0 saturated carbocycles. The van der Waals surface area contributed by atoms with E-state index in [-0.39, 0.29) is 16.2 Å². The van der Waals surface area contributed by atoms with Gasteiger partial charge in [-0.25, -0.2) is 13.4 Å². The van der Waals surface area contributed by atoms with E-state index in [1.165, 1.54) is 23.5 Å². The third kappa shape index (κ3) is 3.71. The highest BCUT2D eigenvalue weighted by Gasteiger charge is 2.16. The molecule has 3 rings (SSSR count). The Kier molecular flexibility index (Phi) is 5.24. The number of sulfone groups is 1. The van der Waals surface area contributed by atoms with Gasteiger partial charge >= 0.3 is 0 Å². The van der Waals surface area contributed by atoms with Crippen molar-refractivity contribution in [3.05, 3.63) is 48.0 Å². The van der Waals surface area contributed by atoms with Gasteiger partial charge in [0.15, 0.2) is 15.0 Å². The molecule has 0 radical (unpaired) electrons. The molecule has 26 heavy (non-hydrogen) atoms. The van der Waals surface area contributed by atoms with Gasteiger partial charge in [0.05, 0.1) is 22.0 Å². The van der Waals surface area contributed by atoms with E-state index in [2.05, 4.69) is 10.3 Å². The first-order chi connectivity index (χ1) is 12.4. The Labute approximate surface area is 155 Å². The molecule has 1 heterocycles. The summed E-state index contributed by atoms with van der Waals surface area (Å²) in [5.41, 5.74) is 0.959. The molecule has 2 aromatic carbocycles. The van der Waals surface area contributed by atoms with E-state index in [0.29, 0.717) is 23.0 Å². The van der Waals surface area contributed by atoms with Gasteiger partial charge in [0.2, 0.25) is 0 Å². The third-order valence-corrected chi connectivity index (χ3v) is 6.41. The Morgan fingerprint density at radius 2 is 1.96 bits per heavy atom. The maximum atomic E-state index is 12.5. The van der Waals surface area contributed by atoms with Gasteiger partial charge in [-0.15, -0.1) is 0 Å². The maximum absolute atomic E-state index is 12.5. The first-order valence-corrected chi connectivity index (χ1v) is 10.6. The van der Waals surface area contributed by atoms with Crippen molar-refractivity contribution in [2.45, 2.75) is 18.7 Å². The fourth-order valence-electron chi connectivity index (χ4n) is 2.42. The number of hydrogen-bond donors (Lipinski definition) is 1. The second-order valence-corrected chi connectivity index (χ2v) is 8.75. The van der Waals surface area contributed by atoms with Gasteiger partial charge in [-0.1, -0.05) is 30.4 Å². The summed E-state index contributed by atoms with van der Waals surface area (Å²) < 4.78 is 30.4. The Bertz CT molecular complexity index is 1060. The molecule has 0 aliphatic heterocycles. The number of anilines is 1. The maximum Gasteiger partial charge on any atom is 0.257 e. The minimum atomic E-state index is -3.37. The van der Waals surface area contributed by atoms with Crippen LogP contribution in [0.3, 0.4) is 0 Å². The fourth-order valence-corrected chi connectivity index (χ4v) is 4.22. The first kappa shape index (κ1) is 18.3. The summed E-state index contributed by atoms with van der Waals surface area (Å²) in [6.07, 6.45) is 0. The topological polar surface area (TPSA) is 85.4 Å². The number of para-hydroxylation sites is 1. The summed E-state index contributed by atoms with van der Waals surface area (Å²) >= 11 is 1.33. The van der Waals surface area contributed by atoms with Crippen molar-refractivity contribution in [1.29, 1.82) is 0 Å². The van der Waals surface area contributed by atoms with Crippen molar-refractivity contribution >= 4 is 42.4 Å². The monoisotopic (exact) mass is 390 g/mol. The standard InChI is InChI=1S/C18H18N2O4S2/c1-3-24-14-9-6-10-15-16(14)19-18(25-15)20-17(21)12-7-5-8-13(11-12)26(22,23)4-2/h5-11H,3-4H2,1-2H3,(H,19,20,21). The molecule has 0 spiro atoms. The van der Waals surface area contributed by atoms with Crippen LogP contribution >= 0.6 is 11.3 Å². The van der Waals surface area contributed by atoms with Gasteiger partial charge in [-0.05, 0) is 37.3 Å². The highest BCUT2D eigenvalue weighted by atomic mass is 32.2. The highest BCUT2D eigenvalue weighted by Crippen LogP contribution is 2.32. The molecule has 0 aliphatic carbocycles. The molecule has 0 fully saturated rings. The quantitative estimate of drug-likeness (QED) is 0.693. The molecule has 0 bridgehead atoms. The summed E-state index contributed by atoms with van der Waals surface area (Å²) in [4.78, 5) is 17.1. The van der Waals surface area contributed by atoms with Gasteiger partial charge < -0.3 is 4.74 Å². The fraction of sp³-hybridized carbons (Fsp3) is 0.222. The smallest absolute Gasteiger partial charge is 0.257 e. The average Bonchev–Trinajstić information content (AvgIpc) is 3.05. The highest BCUT2D eigenvalue weighted by molar-refractivity contribution is 7.91. The molecule has 3 aromatic rings. The van der Waals surface area contributed by atoms with Crippen molar-refractivity contribution < 1.29 is 17.9 Å². The number of amides is 1. The van der Waals surface area contributed by atoms with Crippen LogP contribution in [0.25, 0.3) is 10.2 Å². The second kappa shape index (κ2) is 7.43. The molecule has 6 nitrogen and oxygen atoms in total. The van der Waals surface area contributed by atoms with Crippen LogP contribution < -0.4 is 10.1 Å². The van der Waals surface area contributed by atoms with Crippen molar-refractivity contribution in [3.63, 3.8) is 0 Å². The van der Waals surface area contributed by atoms with Gasteiger partial charge in [0, 0.05) is 5.56 Å². The summed E-state index contributed by atoms with van der Waals surface area (Å²) in [5.74, 6) is 0.240.